The van der Waals surface area contributed by atoms with E-state index in [-0.39, 0.29) is 24.8 Å². The molecule has 0 fully saturated rings. The Morgan fingerprint density at radius 3 is 2.07 bits per heavy atom. The van der Waals surface area contributed by atoms with Crippen LogP contribution in [0.1, 0.15) is 6.42 Å². The second-order valence-corrected chi connectivity index (χ2v) is 4.93. The van der Waals surface area contributed by atoms with E-state index in [2.05, 4.69) is 49.3 Å². The minimum absolute atomic E-state index is 0. The number of allylic oxidation sites excluding steroid dienone is 7. The number of hydrogen-bond donors (Lipinski definition) is 0. The molecule has 0 N–H and O–H groups in total. The van der Waals surface area contributed by atoms with Gasteiger partial charge in [0.2, 0.25) is 0 Å². The molecule has 0 radical (unpaired) electrons. The van der Waals surface area contributed by atoms with Crippen LogP contribution in [0.2, 0.25) is 13.1 Å². The summed E-state index contributed by atoms with van der Waals surface area (Å²) < 4.78 is 1.56. The van der Waals surface area contributed by atoms with Crippen molar-refractivity contribution >= 4 is 6.71 Å². The van der Waals surface area contributed by atoms with Crippen LogP contribution in [0.4, 0.5) is 0 Å². The summed E-state index contributed by atoms with van der Waals surface area (Å²) in [5.41, 5.74) is 0. The molecule has 2 rings (SSSR count). The van der Waals surface area contributed by atoms with Crippen LogP contribution in [0.3, 0.4) is 0 Å². The Labute approximate surface area is 121 Å². The number of hydrogen-bond acceptors (Lipinski definition) is 0. The van der Waals surface area contributed by atoms with Crippen LogP contribution in [0.25, 0.3) is 0 Å². The van der Waals surface area contributed by atoms with E-state index in [4.69, 9.17) is 0 Å². The molecule has 0 aromatic rings. The SMILES string of the molecule is CB1C=CC=CC1.[Cl-].[Cl-].[Zr+2][C]1=CC=CC1. The molecule has 0 nitrogen and oxygen atoms in total. The van der Waals surface area contributed by atoms with Crippen molar-refractivity contribution in [1.82, 2.24) is 0 Å². The van der Waals surface area contributed by atoms with Gasteiger partial charge in [0, 0.05) is 0 Å². The van der Waals surface area contributed by atoms with Crippen molar-refractivity contribution in [1.29, 1.82) is 0 Å². The first-order valence-electron chi connectivity index (χ1n) is 4.69. The maximum atomic E-state index is 2.22. The fourth-order valence-corrected chi connectivity index (χ4v) is 1.68. The second-order valence-electron chi connectivity index (χ2n) is 3.35. The molecule has 0 spiro atoms. The Hall–Kier alpha value is 0.488. The van der Waals surface area contributed by atoms with Gasteiger partial charge in [-0.25, -0.2) is 0 Å². The van der Waals surface area contributed by atoms with E-state index in [0.29, 0.717) is 0 Å². The van der Waals surface area contributed by atoms with Crippen LogP contribution in [0.15, 0.2) is 45.7 Å². The average Bonchev–Trinajstić information content (AvgIpc) is 2.58. The van der Waals surface area contributed by atoms with Gasteiger partial charge in [-0.15, -0.1) is 5.98 Å². The zero-order valence-electron chi connectivity index (χ0n) is 8.79. The summed E-state index contributed by atoms with van der Waals surface area (Å²) in [6.45, 7) is 2.99. The van der Waals surface area contributed by atoms with E-state index >= 15 is 0 Å². The third kappa shape index (κ3) is 9.42. The van der Waals surface area contributed by atoms with Crippen LogP contribution in [0.5, 0.6) is 0 Å². The summed E-state index contributed by atoms with van der Waals surface area (Å²) in [7, 11) is 0. The van der Waals surface area contributed by atoms with E-state index in [0.717, 1.165) is 6.71 Å². The van der Waals surface area contributed by atoms with Crippen molar-refractivity contribution in [3.8, 4) is 0 Å². The monoisotopic (exact) mass is 317 g/mol. The molecule has 15 heavy (non-hydrogen) atoms. The minimum atomic E-state index is 0. The predicted octanol–water partition coefficient (Wildman–Crippen LogP) is -2.84. The van der Waals surface area contributed by atoms with Gasteiger partial charge >= 0.3 is 52.6 Å². The fraction of sp³-hybridized carbons (Fsp3) is 0.273. The van der Waals surface area contributed by atoms with Crippen LogP contribution in [-0.4, -0.2) is 6.71 Å². The summed E-state index contributed by atoms with van der Waals surface area (Å²) in [6.07, 6.45) is 15.3. The third-order valence-electron chi connectivity index (χ3n) is 1.97. The zero-order valence-corrected chi connectivity index (χ0v) is 12.8. The van der Waals surface area contributed by atoms with Gasteiger partial charge in [0.15, 0.2) is 6.71 Å². The first-order chi connectivity index (χ1) is 6.29. The van der Waals surface area contributed by atoms with E-state index in [1.807, 2.05) is 0 Å². The molecule has 0 saturated carbocycles. The third-order valence-corrected chi connectivity index (χ3v) is 2.88. The van der Waals surface area contributed by atoms with Crippen LogP contribution in [0, 0.1) is 0 Å². The molecule has 0 atom stereocenters. The zero-order chi connectivity index (χ0) is 9.52. The molecule has 79 valence electrons. The molecule has 2 aliphatic rings. The molecule has 1 heterocycles. The van der Waals surface area contributed by atoms with Gasteiger partial charge in [-0.1, -0.05) is 31.4 Å². The first-order valence-corrected chi connectivity index (χ1v) is 5.92. The Morgan fingerprint density at radius 1 is 1.13 bits per heavy atom. The quantitative estimate of drug-likeness (QED) is 0.422. The summed E-state index contributed by atoms with van der Waals surface area (Å²) in [5, 5.41) is 0. The van der Waals surface area contributed by atoms with Crippen LogP contribution >= 0.6 is 0 Å². The summed E-state index contributed by atoms with van der Waals surface area (Å²) in [4.78, 5) is 0. The Balaban J connectivity index is 0. The van der Waals surface area contributed by atoms with Gasteiger partial charge in [0.25, 0.3) is 0 Å². The average molecular weight is 319 g/mol. The van der Waals surface area contributed by atoms with E-state index in [1.165, 1.54) is 12.7 Å². The Morgan fingerprint density at radius 2 is 1.87 bits per heavy atom. The molecule has 0 amide bonds. The number of rotatable bonds is 0. The van der Waals surface area contributed by atoms with Gasteiger partial charge in [-0.05, 0) is 0 Å². The van der Waals surface area contributed by atoms with E-state index < -0.39 is 0 Å². The number of halogens is 2. The van der Waals surface area contributed by atoms with Gasteiger partial charge in [-0.3, -0.25) is 0 Å². The van der Waals surface area contributed by atoms with Crippen molar-refractivity contribution < 1.29 is 49.5 Å². The van der Waals surface area contributed by atoms with Crippen molar-refractivity contribution in [2.75, 3.05) is 0 Å². The standard InChI is InChI=1S/C6H9B.C5H5.2ClH.Zr/c1-7-5-3-2-4-6-7;1-2-4-5-3-1;;;/h2-5H,6H2,1H3;1-3H,4H2;2*1H;/q;;;;+2/p-2. The molecule has 0 bridgehead atoms. The summed E-state index contributed by atoms with van der Waals surface area (Å²) >= 11 is 1.56. The molecular formula is C11H14BCl2Zr. The molecular weight excluding hydrogens is 305 g/mol. The van der Waals surface area contributed by atoms with E-state index in [1.54, 1.807) is 28.0 Å². The molecule has 4 heteroatoms. The fourth-order valence-electron chi connectivity index (χ4n) is 1.15. The summed E-state index contributed by atoms with van der Waals surface area (Å²) in [5.74, 6) is 2.22. The topological polar surface area (TPSA) is 0 Å². The molecule has 1 aliphatic heterocycles. The van der Waals surface area contributed by atoms with Crippen molar-refractivity contribution in [3.05, 3.63) is 45.7 Å². The van der Waals surface area contributed by atoms with Crippen molar-refractivity contribution in [2.24, 2.45) is 0 Å². The molecule has 0 aromatic heterocycles. The Bertz CT molecular complexity index is 270. The van der Waals surface area contributed by atoms with Gasteiger partial charge in [0.05, 0.1) is 0 Å². The Kier molecular flexibility index (Phi) is 13.1. The van der Waals surface area contributed by atoms with Crippen LogP contribution in [-0.2, 0) is 24.7 Å². The van der Waals surface area contributed by atoms with E-state index in [9.17, 15) is 0 Å². The maximum absolute atomic E-state index is 2.22. The molecule has 0 aromatic carbocycles. The summed E-state index contributed by atoms with van der Waals surface area (Å²) in [6, 6.07) is 0. The first kappa shape index (κ1) is 17.9. The molecule has 0 unspecified atom stereocenters. The van der Waals surface area contributed by atoms with Crippen LogP contribution < -0.4 is 24.8 Å². The second kappa shape index (κ2) is 11.0. The van der Waals surface area contributed by atoms with Gasteiger partial charge in [-0.2, -0.15) is 0 Å². The van der Waals surface area contributed by atoms with Crippen molar-refractivity contribution in [2.45, 2.75) is 19.6 Å². The van der Waals surface area contributed by atoms with Crippen molar-refractivity contribution in [3.63, 3.8) is 0 Å². The van der Waals surface area contributed by atoms with Gasteiger partial charge in [0.1, 0.15) is 0 Å². The molecule has 1 aliphatic carbocycles. The molecule has 0 saturated heterocycles. The van der Waals surface area contributed by atoms with Gasteiger partial charge < -0.3 is 24.8 Å². The normalized spacial score (nSPS) is 15.9. The predicted molar refractivity (Wildman–Crippen MR) is 56.5 cm³/mol.